The SMILES string of the molecule is CCC1(OC(=O)CCCCOC(=O)C2CC3C=CC2C3)CCCC1. The molecule has 2 bridgehead atoms. The third kappa shape index (κ3) is 4.01. The van der Waals surface area contributed by atoms with Gasteiger partial charge >= 0.3 is 11.9 Å². The third-order valence-electron chi connectivity index (χ3n) is 6.09. The molecule has 3 rings (SSSR count). The largest absolute Gasteiger partial charge is 0.465 e. The fraction of sp³-hybridized carbons (Fsp3) is 0.800. The summed E-state index contributed by atoms with van der Waals surface area (Å²) in [6.07, 6.45) is 13.6. The van der Waals surface area contributed by atoms with Crippen LogP contribution in [-0.4, -0.2) is 24.1 Å². The summed E-state index contributed by atoms with van der Waals surface area (Å²) < 4.78 is 11.1. The number of hydrogen-bond donors (Lipinski definition) is 0. The summed E-state index contributed by atoms with van der Waals surface area (Å²) in [6.45, 7) is 2.52. The Balaban J connectivity index is 1.28. The zero-order chi connectivity index (χ0) is 17.0. The molecule has 2 fully saturated rings. The van der Waals surface area contributed by atoms with Crippen molar-refractivity contribution < 1.29 is 19.1 Å². The van der Waals surface area contributed by atoms with Crippen molar-refractivity contribution in [1.29, 1.82) is 0 Å². The highest BCUT2D eigenvalue weighted by atomic mass is 16.6. The first-order chi connectivity index (χ1) is 11.6. The van der Waals surface area contributed by atoms with Crippen LogP contribution in [0.3, 0.4) is 0 Å². The van der Waals surface area contributed by atoms with Crippen LogP contribution >= 0.6 is 0 Å². The van der Waals surface area contributed by atoms with Crippen molar-refractivity contribution in [3.63, 3.8) is 0 Å². The summed E-state index contributed by atoms with van der Waals surface area (Å²) in [6, 6.07) is 0. The molecule has 3 unspecified atom stereocenters. The second-order valence-electron chi connectivity index (χ2n) is 7.73. The minimum Gasteiger partial charge on any atom is -0.465 e. The Morgan fingerprint density at radius 3 is 2.54 bits per heavy atom. The van der Waals surface area contributed by atoms with Crippen LogP contribution in [0.1, 0.15) is 71.1 Å². The van der Waals surface area contributed by atoms with Crippen LogP contribution < -0.4 is 0 Å². The summed E-state index contributed by atoms with van der Waals surface area (Å²) in [7, 11) is 0. The van der Waals surface area contributed by atoms with Gasteiger partial charge < -0.3 is 9.47 Å². The van der Waals surface area contributed by atoms with Crippen molar-refractivity contribution in [2.45, 2.75) is 76.7 Å². The zero-order valence-corrected chi connectivity index (χ0v) is 14.8. The number of ether oxygens (including phenoxy) is 2. The van der Waals surface area contributed by atoms with Gasteiger partial charge in [-0.05, 0) is 69.6 Å². The second-order valence-corrected chi connectivity index (χ2v) is 7.73. The number of hydrogen-bond acceptors (Lipinski definition) is 4. The molecule has 0 aromatic heterocycles. The molecule has 24 heavy (non-hydrogen) atoms. The van der Waals surface area contributed by atoms with E-state index in [2.05, 4.69) is 19.1 Å². The molecule has 4 heteroatoms. The maximum atomic E-state index is 12.1. The molecule has 134 valence electrons. The summed E-state index contributed by atoms with van der Waals surface area (Å²) >= 11 is 0. The van der Waals surface area contributed by atoms with Crippen LogP contribution in [0.25, 0.3) is 0 Å². The van der Waals surface area contributed by atoms with Gasteiger partial charge in [-0.2, -0.15) is 0 Å². The van der Waals surface area contributed by atoms with Gasteiger partial charge in [0.05, 0.1) is 12.5 Å². The molecular weight excluding hydrogens is 304 g/mol. The molecule has 0 spiro atoms. The van der Waals surface area contributed by atoms with E-state index in [1.165, 1.54) is 0 Å². The van der Waals surface area contributed by atoms with Gasteiger partial charge in [-0.15, -0.1) is 0 Å². The predicted molar refractivity (Wildman–Crippen MR) is 91.2 cm³/mol. The number of esters is 2. The van der Waals surface area contributed by atoms with Crippen LogP contribution in [0.15, 0.2) is 12.2 Å². The highest BCUT2D eigenvalue weighted by Gasteiger charge is 2.40. The fourth-order valence-corrected chi connectivity index (χ4v) is 4.54. The Morgan fingerprint density at radius 2 is 1.92 bits per heavy atom. The van der Waals surface area contributed by atoms with Crippen molar-refractivity contribution in [2.24, 2.45) is 17.8 Å². The van der Waals surface area contributed by atoms with E-state index in [0.717, 1.165) is 57.8 Å². The molecule has 0 aromatic carbocycles. The monoisotopic (exact) mass is 334 g/mol. The average molecular weight is 334 g/mol. The quantitative estimate of drug-likeness (QED) is 0.380. The van der Waals surface area contributed by atoms with E-state index in [4.69, 9.17) is 9.47 Å². The number of carbonyl (C=O) groups is 2. The van der Waals surface area contributed by atoms with Gasteiger partial charge in [-0.25, -0.2) is 0 Å². The Hall–Kier alpha value is -1.32. The predicted octanol–water partition coefficient (Wildman–Crippen LogP) is 4.18. The summed E-state index contributed by atoms with van der Waals surface area (Å²) in [5.41, 5.74) is -0.196. The van der Waals surface area contributed by atoms with E-state index >= 15 is 0 Å². The Labute approximate surface area is 145 Å². The smallest absolute Gasteiger partial charge is 0.309 e. The highest BCUT2D eigenvalue weighted by Crippen LogP contribution is 2.43. The molecule has 0 radical (unpaired) electrons. The van der Waals surface area contributed by atoms with Crippen molar-refractivity contribution >= 4 is 11.9 Å². The number of unbranched alkanes of at least 4 members (excludes halogenated alkanes) is 1. The van der Waals surface area contributed by atoms with E-state index in [-0.39, 0.29) is 23.5 Å². The molecule has 0 saturated heterocycles. The Morgan fingerprint density at radius 1 is 1.12 bits per heavy atom. The lowest BCUT2D eigenvalue weighted by atomic mass is 9.94. The minimum absolute atomic E-state index is 0.0506. The summed E-state index contributed by atoms with van der Waals surface area (Å²) in [5.74, 6) is 0.906. The Bertz CT molecular complexity index is 490. The highest BCUT2D eigenvalue weighted by molar-refractivity contribution is 5.74. The second kappa shape index (κ2) is 7.71. The normalized spacial score (nSPS) is 29.8. The molecular formula is C20H30O4. The van der Waals surface area contributed by atoms with E-state index < -0.39 is 0 Å². The van der Waals surface area contributed by atoms with Gasteiger partial charge in [0.15, 0.2) is 0 Å². The Kier molecular flexibility index (Phi) is 5.62. The maximum Gasteiger partial charge on any atom is 0.309 e. The van der Waals surface area contributed by atoms with E-state index in [0.29, 0.717) is 24.9 Å². The molecule has 0 heterocycles. The molecule has 2 saturated carbocycles. The van der Waals surface area contributed by atoms with Crippen LogP contribution in [0.4, 0.5) is 0 Å². The maximum absolute atomic E-state index is 12.1. The number of rotatable bonds is 8. The molecule has 0 amide bonds. The van der Waals surface area contributed by atoms with Gasteiger partial charge in [0.25, 0.3) is 0 Å². The molecule has 0 aliphatic heterocycles. The fourth-order valence-electron chi connectivity index (χ4n) is 4.54. The lowest BCUT2D eigenvalue weighted by Crippen LogP contribution is -2.31. The van der Waals surface area contributed by atoms with Gasteiger partial charge in [0.1, 0.15) is 5.60 Å². The van der Waals surface area contributed by atoms with Crippen LogP contribution in [0.2, 0.25) is 0 Å². The number of allylic oxidation sites excluding steroid dienone is 2. The first kappa shape index (κ1) is 17.5. The standard InChI is InChI=1S/C20H30O4/c1-2-20(10-4-5-11-20)24-18(21)7-3-6-12-23-19(22)17-14-15-8-9-16(17)13-15/h8-9,15-17H,2-7,10-14H2,1H3. The van der Waals surface area contributed by atoms with Gasteiger partial charge in [-0.1, -0.05) is 19.1 Å². The lowest BCUT2D eigenvalue weighted by molar-refractivity contribution is -0.159. The van der Waals surface area contributed by atoms with Crippen molar-refractivity contribution in [3.05, 3.63) is 12.2 Å². The number of fused-ring (bicyclic) bond motifs is 2. The summed E-state index contributed by atoms with van der Waals surface area (Å²) in [4.78, 5) is 24.1. The molecule has 0 aromatic rings. The van der Waals surface area contributed by atoms with E-state index in [1.54, 1.807) is 0 Å². The molecule has 4 nitrogen and oxygen atoms in total. The van der Waals surface area contributed by atoms with Crippen molar-refractivity contribution in [2.75, 3.05) is 6.61 Å². The first-order valence-corrected chi connectivity index (χ1v) is 9.69. The van der Waals surface area contributed by atoms with Crippen LogP contribution in [0.5, 0.6) is 0 Å². The van der Waals surface area contributed by atoms with Crippen molar-refractivity contribution in [3.8, 4) is 0 Å². The lowest BCUT2D eigenvalue weighted by Gasteiger charge is -2.27. The minimum atomic E-state index is -0.196. The van der Waals surface area contributed by atoms with Crippen molar-refractivity contribution in [1.82, 2.24) is 0 Å². The van der Waals surface area contributed by atoms with E-state index in [1.807, 2.05) is 0 Å². The first-order valence-electron chi connectivity index (χ1n) is 9.69. The summed E-state index contributed by atoms with van der Waals surface area (Å²) in [5, 5.41) is 0. The number of carbonyl (C=O) groups excluding carboxylic acids is 2. The van der Waals surface area contributed by atoms with E-state index in [9.17, 15) is 9.59 Å². The molecule has 3 aliphatic carbocycles. The van der Waals surface area contributed by atoms with Gasteiger partial charge in [0, 0.05) is 6.42 Å². The average Bonchev–Trinajstić information content (AvgIpc) is 3.31. The van der Waals surface area contributed by atoms with Gasteiger partial charge in [0.2, 0.25) is 0 Å². The topological polar surface area (TPSA) is 52.6 Å². The molecule has 3 atom stereocenters. The van der Waals surface area contributed by atoms with Crippen LogP contribution in [0, 0.1) is 17.8 Å². The molecule has 3 aliphatic rings. The third-order valence-corrected chi connectivity index (χ3v) is 6.09. The zero-order valence-electron chi connectivity index (χ0n) is 14.8. The molecule has 0 N–H and O–H groups in total. The van der Waals surface area contributed by atoms with Crippen LogP contribution in [-0.2, 0) is 19.1 Å². The van der Waals surface area contributed by atoms with Gasteiger partial charge in [-0.3, -0.25) is 9.59 Å².